The van der Waals surface area contributed by atoms with Crippen LogP contribution < -0.4 is 0 Å². The van der Waals surface area contributed by atoms with Gasteiger partial charge in [-0.25, -0.2) is 0 Å². The smallest absolute Gasteiger partial charge is 0.0305 e. The van der Waals surface area contributed by atoms with Gasteiger partial charge in [0.15, 0.2) is 0 Å². The molecule has 3 rings (SSSR count). The molecular formula is C17H19N. The van der Waals surface area contributed by atoms with E-state index in [4.69, 9.17) is 0 Å². The van der Waals surface area contributed by atoms with Crippen molar-refractivity contribution in [3.8, 4) is 0 Å². The number of hydrogen-bond donors (Lipinski definition) is 0. The first-order chi connectivity index (χ1) is 8.93. The monoisotopic (exact) mass is 237 g/mol. The van der Waals surface area contributed by atoms with Gasteiger partial charge in [-0.2, -0.15) is 0 Å². The van der Waals surface area contributed by atoms with Crippen molar-refractivity contribution in [3.63, 3.8) is 0 Å². The summed E-state index contributed by atoms with van der Waals surface area (Å²) in [7, 11) is 0. The van der Waals surface area contributed by atoms with Crippen molar-refractivity contribution in [2.24, 2.45) is 0 Å². The Hall–Kier alpha value is -1.89. The van der Waals surface area contributed by atoms with Gasteiger partial charge in [0.1, 0.15) is 0 Å². The summed E-state index contributed by atoms with van der Waals surface area (Å²) in [6, 6.07) is 10.7. The number of fused-ring (bicyclic) bond motifs is 2. The van der Waals surface area contributed by atoms with E-state index >= 15 is 0 Å². The van der Waals surface area contributed by atoms with Gasteiger partial charge < -0.3 is 0 Å². The van der Waals surface area contributed by atoms with E-state index < -0.39 is 0 Å². The quantitative estimate of drug-likeness (QED) is 0.662. The summed E-state index contributed by atoms with van der Waals surface area (Å²) in [6.45, 7) is 4.00. The number of nitrogens with zero attached hydrogens (tertiary/aromatic N) is 1. The number of pyridine rings is 1. The highest BCUT2D eigenvalue weighted by molar-refractivity contribution is 5.73. The van der Waals surface area contributed by atoms with Gasteiger partial charge in [-0.05, 0) is 41.2 Å². The molecule has 1 nitrogen and oxygen atoms in total. The van der Waals surface area contributed by atoms with Crippen molar-refractivity contribution >= 4 is 12.2 Å². The van der Waals surface area contributed by atoms with E-state index in [2.05, 4.69) is 47.5 Å². The fourth-order valence-electron chi connectivity index (χ4n) is 2.18. The zero-order valence-corrected chi connectivity index (χ0v) is 11.1. The van der Waals surface area contributed by atoms with E-state index in [-0.39, 0.29) is 0 Å². The molecule has 0 unspecified atom stereocenters. The van der Waals surface area contributed by atoms with E-state index in [0.29, 0.717) is 0 Å². The van der Waals surface area contributed by atoms with E-state index in [9.17, 15) is 0 Å². The maximum absolute atomic E-state index is 4.19. The van der Waals surface area contributed by atoms with Gasteiger partial charge in [0.2, 0.25) is 0 Å². The topological polar surface area (TPSA) is 12.9 Å². The molecule has 1 aliphatic rings. The minimum Gasteiger partial charge on any atom is -0.264 e. The van der Waals surface area contributed by atoms with Crippen LogP contribution >= 0.6 is 0 Å². The van der Waals surface area contributed by atoms with Gasteiger partial charge in [0.25, 0.3) is 0 Å². The SMILES string of the molecule is C1=Cc2ccncc2CCc2ccccc21.CC. The molecule has 18 heavy (non-hydrogen) atoms. The molecule has 0 radical (unpaired) electrons. The molecule has 92 valence electrons. The largest absolute Gasteiger partial charge is 0.264 e. The van der Waals surface area contributed by atoms with Gasteiger partial charge in [-0.15, -0.1) is 0 Å². The van der Waals surface area contributed by atoms with Crippen molar-refractivity contribution in [2.75, 3.05) is 0 Å². The van der Waals surface area contributed by atoms with Crippen molar-refractivity contribution in [3.05, 3.63) is 65.0 Å². The standard InChI is InChI=1S/C15H13N.C2H6/c1-2-4-13-7-8-15-11-16-10-9-14(15)6-5-12(13)3-1;1-2/h1-6,9-11H,7-8H2;1-2H3. The molecule has 1 aromatic carbocycles. The number of rotatable bonds is 0. The predicted molar refractivity (Wildman–Crippen MR) is 78.4 cm³/mol. The molecule has 0 fully saturated rings. The summed E-state index contributed by atoms with van der Waals surface area (Å²) in [4.78, 5) is 4.19. The van der Waals surface area contributed by atoms with Gasteiger partial charge >= 0.3 is 0 Å². The zero-order valence-electron chi connectivity index (χ0n) is 11.1. The lowest BCUT2D eigenvalue weighted by molar-refractivity contribution is 0.942. The molecule has 0 N–H and O–H groups in total. The molecule has 1 aliphatic carbocycles. The Morgan fingerprint density at radius 2 is 1.50 bits per heavy atom. The number of benzene rings is 1. The molecule has 1 aromatic heterocycles. The van der Waals surface area contributed by atoms with Gasteiger partial charge in [-0.1, -0.05) is 50.3 Å². The van der Waals surface area contributed by atoms with Crippen LogP contribution in [0.2, 0.25) is 0 Å². The Bertz CT molecular complexity index is 491. The maximum Gasteiger partial charge on any atom is 0.0305 e. The van der Waals surface area contributed by atoms with Crippen LogP contribution in [0.3, 0.4) is 0 Å². The van der Waals surface area contributed by atoms with Crippen LogP contribution in [0.15, 0.2) is 42.7 Å². The van der Waals surface area contributed by atoms with Crippen molar-refractivity contribution < 1.29 is 0 Å². The van der Waals surface area contributed by atoms with E-state index in [1.54, 1.807) is 0 Å². The lowest BCUT2D eigenvalue weighted by atomic mass is 9.94. The van der Waals surface area contributed by atoms with Gasteiger partial charge in [0, 0.05) is 12.4 Å². The third kappa shape index (κ3) is 2.67. The van der Waals surface area contributed by atoms with Crippen LogP contribution in [0.25, 0.3) is 12.2 Å². The van der Waals surface area contributed by atoms with E-state index in [1.807, 2.05) is 26.2 Å². The van der Waals surface area contributed by atoms with Crippen LogP contribution in [0.5, 0.6) is 0 Å². The summed E-state index contributed by atoms with van der Waals surface area (Å²) < 4.78 is 0. The molecule has 1 heteroatoms. The van der Waals surface area contributed by atoms with Crippen LogP contribution in [-0.4, -0.2) is 4.98 Å². The second-order valence-corrected chi connectivity index (χ2v) is 4.11. The molecule has 2 aromatic rings. The lowest BCUT2D eigenvalue weighted by Gasteiger charge is -2.11. The Morgan fingerprint density at radius 3 is 2.33 bits per heavy atom. The fourth-order valence-corrected chi connectivity index (χ4v) is 2.18. The maximum atomic E-state index is 4.19. The summed E-state index contributed by atoms with van der Waals surface area (Å²) in [5.41, 5.74) is 5.40. The Morgan fingerprint density at radius 1 is 0.833 bits per heavy atom. The molecule has 0 aliphatic heterocycles. The summed E-state index contributed by atoms with van der Waals surface area (Å²) in [6.07, 6.45) is 10.4. The molecular weight excluding hydrogens is 218 g/mol. The minimum absolute atomic E-state index is 1.07. The first-order valence-electron chi connectivity index (χ1n) is 6.62. The third-order valence-corrected chi connectivity index (χ3v) is 3.10. The van der Waals surface area contributed by atoms with Gasteiger partial charge in [-0.3, -0.25) is 4.98 Å². The number of aryl methyl sites for hydroxylation is 2. The van der Waals surface area contributed by atoms with Crippen LogP contribution in [-0.2, 0) is 12.8 Å². The molecule has 0 saturated carbocycles. The Balaban J connectivity index is 0.000000574. The van der Waals surface area contributed by atoms with Crippen LogP contribution in [0, 0.1) is 0 Å². The highest BCUT2D eigenvalue weighted by Gasteiger charge is 2.06. The minimum atomic E-state index is 1.07. The molecule has 0 saturated heterocycles. The third-order valence-electron chi connectivity index (χ3n) is 3.10. The van der Waals surface area contributed by atoms with Crippen LogP contribution in [0.1, 0.15) is 36.1 Å². The number of hydrogen-bond acceptors (Lipinski definition) is 1. The molecule has 1 heterocycles. The second-order valence-electron chi connectivity index (χ2n) is 4.11. The first-order valence-corrected chi connectivity index (χ1v) is 6.62. The average molecular weight is 237 g/mol. The Labute approximate surface area is 109 Å². The molecule has 0 amide bonds. The van der Waals surface area contributed by atoms with E-state index in [1.165, 1.54) is 22.3 Å². The Kier molecular flexibility index (Phi) is 4.30. The fraction of sp³-hybridized carbons (Fsp3) is 0.235. The first kappa shape index (κ1) is 12.6. The second kappa shape index (κ2) is 6.15. The summed E-state index contributed by atoms with van der Waals surface area (Å²) in [5, 5.41) is 0. The van der Waals surface area contributed by atoms with Crippen molar-refractivity contribution in [1.82, 2.24) is 4.98 Å². The predicted octanol–water partition coefficient (Wildman–Crippen LogP) is 4.38. The zero-order chi connectivity index (χ0) is 12.8. The molecule has 0 bridgehead atoms. The normalized spacial score (nSPS) is 12.3. The molecule has 0 spiro atoms. The summed E-state index contributed by atoms with van der Waals surface area (Å²) in [5.74, 6) is 0. The highest BCUT2D eigenvalue weighted by Crippen LogP contribution is 2.21. The van der Waals surface area contributed by atoms with E-state index in [0.717, 1.165) is 12.8 Å². The van der Waals surface area contributed by atoms with Crippen molar-refractivity contribution in [1.29, 1.82) is 0 Å². The summed E-state index contributed by atoms with van der Waals surface area (Å²) >= 11 is 0. The number of aromatic nitrogens is 1. The van der Waals surface area contributed by atoms with Gasteiger partial charge in [0.05, 0.1) is 0 Å². The van der Waals surface area contributed by atoms with Crippen LogP contribution in [0.4, 0.5) is 0 Å². The lowest BCUT2D eigenvalue weighted by Crippen LogP contribution is -1.99. The average Bonchev–Trinajstić information content (AvgIpc) is 2.44. The highest BCUT2D eigenvalue weighted by atomic mass is 14.6. The van der Waals surface area contributed by atoms with Crippen molar-refractivity contribution in [2.45, 2.75) is 26.7 Å². The molecule has 0 atom stereocenters.